The summed E-state index contributed by atoms with van der Waals surface area (Å²) in [6, 6.07) is 26.0. The van der Waals surface area contributed by atoms with Gasteiger partial charge in [-0.25, -0.2) is 0 Å². The second kappa shape index (κ2) is 8.72. The van der Waals surface area contributed by atoms with Crippen molar-refractivity contribution in [1.82, 2.24) is 0 Å². The molecule has 0 N–H and O–H groups in total. The van der Waals surface area contributed by atoms with Crippen LogP contribution in [-0.2, 0) is 32.3 Å². The molecule has 5 heteroatoms. The maximum atomic E-state index is 13.1. The highest BCUT2D eigenvalue weighted by atomic mass is 35.5. The smallest absolute Gasteiger partial charge is 0.324 e. The average Bonchev–Trinajstić information content (AvgIpc) is 3.54. The van der Waals surface area contributed by atoms with Crippen LogP contribution in [0.2, 0.25) is 5.02 Å². The van der Waals surface area contributed by atoms with E-state index in [1.54, 1.807) is 6.07 Å². The zero-order valence-electron chi connectivity index (χ0n) is 16.3. The highest BCUT2D eigenvalue weighted by Crippen LogP contribution is 2.62. The van der Waals surface area contributed by atoms with Crippen molar-refractivity contribution >= 4 is 23.5 Å². The summed E-state index contributed by atoms with van der Waals surface area (Å²) >= 11 is 6.34. The van der Waals surface area contributed by atoms with E-state index in [1.807, 2.05) is 78.9 Å². The Balaban J connectivity index is 1.53. The standard InChI is InChI=1S/C25H21ClO4/c26-22-14-8-7-13-20(22)21-15-25(21,23(27)29-16-18-9-3-1-4-10-18)24(28)30-17-19-11-5-2-6-12-19/h1-14,21H,15-17H2. The molecule has 1 atom stereocenters. The number of esters is 2. The summed E-state index contributed by atoms with van der Waals surface area (Å²) < 4.78 is 11.1. The SMILES string of the molecule is O=C(OCc1ccccc1)C1(C(=O)OCc2ccccc2)CC1c1ccccc1Cl. The molecule has 1 fully saturated rings. The first-order valence-electron chi connectivity index (χ1n) is 9.78. The zero-order chi connectivity index (χ0) is 21.0. The molecule has 0 aromatic heterocycles. The molecule has 0 heterocycles. The van der Waals surface area contributed by atoms with E-state index in [4.69, 9.17) is 21.1 Å². The van der Waals surface area contributed by atoms with Gasteiger partial charge in [-0.2, -0.15) is 0 Å². The Morgan fingerprint density at radius 3 is 1.73 bits per heavy atom. The van der Waals surface area contributed by atoms with Gasteiger partial charge in [0.05, 0.1) is 0 Å². The fourth-order valence-corrected chi connectivity index (χ4v) is 3.90. The Morgan fingerprint density at radius 2 is 1.23 bits per heavy atom. The van der Waals surface area contributed by atoms with E-state index in [1.165, 1.54) is 0 Å². The molecule has 0 aliphatic heterocycles. The van der Waals surface area contributed by atoms with E-state index in [2.05, 4.69) is 0 Å². The van der Waals surface area contributed by atoms with Crippen LogP contribution in [-0.4, -0.2) is 11.9 Å². The highest BCUT2D eigenvalue weighted by molar-refractivity contribution is 6.31. The van der Waals surface area contributed by atoms with Crippen LogP contribution in [0, 0.1) is 5.41 Å². The van der Waals surface area contributed by atoms with E-state index in [0.29, 0.717) is 11.4 Å². The molecule has 30 heavy (non-hydrogen) atoms. The minimum Gasteiger partial charge on any atom is -0.460 e. The lowest BCUT2D eigenvalue weighted by atomic mass is 9.99. The average molecular weight is 421 g/mol. The molecule has 1 aliphatic rings. The minimum absolute atomic E-state index is 0.0998. The molecular weight excluding hydrogens is 400 g/mol. The Morgan fingerprint density at radius 1 is 0.767 bits per heavy atom. The number of ether oxygens (including phenoxy) is 2. The molecule has 3 aromatic carbocycles. The fourth-order valence-electron chi connectivity index (χ4n) is 3.63. The van der Waals surface area contributed by atoms with Gasteiger partial charge < -0.3 is 9.47 Å². The fraction of sp³-hybridized carbons (Fsp3) is 0.200. The summed E-state index contributed by atoms with van der Waals surface area (Å²) in [5, 5.41) is 0.524. The second-order valence-corrected chi connectivity index (χ2v) is 7.78. The van der Waals surface area contributed by atoms with Gasteiger partial charge in [0.15, 0.2) is 5.41 Å². The summed E-state index contributed by atoms with van der Waals surface area (Å²) in [4.78, 5) is 26.2. The Bertz CT molecular complexity index is 978. The van der Waals surface area contributed by atoms with Crippen molar-refractivity contribution in [3.05, 3.63) is 107 Å². The maximum absolute atomic E-state index is 13.1. The van der Waals surface area contributed by atoms with Crippen LogP contribution in [0.4, 0.5) is 0 Å². The van der Waals surface area contributed by atoms with Gasteiger partial charge in [-0.1, -0.05) is 90.5 Å². The molecule has 152 valence electrons. The summed E-state index contributed by atoms with van der Waals surface area (Å²) in [6.45, 7) is 0.200. The van der Waals surface area contributed by atoms with Gasteiger partial charge in [-0.3, -0.25) is 9.59 Å². The van der Waals surface area contributed by atoms with E-state index >= 15 is 0 Å². The van der Waals surface area contributed by atoms with Crippen LogP contribution in [0.25, 0.3) is 0 Å². The lowest BCUT2D eigenvalue weighted by molar-refractivity contribution is -0.166. The quantitative estimate of drug-likeness (QED) is 0.384. The van der Waals surface area contributed by atoms with Crippen molar-refractivity contribution in [2.75, 3.05) is 0 Å². The molecule has 0 radical (unpaired) electrons. The molecule has 1 aliphatic carbocycles. The van der Waals surface area contributed by atoms with Crippen LogP contribution in [0.1, 0.15) is 29.0 Å². The number of rotatable bonds is 7. The van der Waals surface area contributed by atoms with Crippen LogP contribution in [0.15, 0.2) is 84.9 Å². The number of halogens is 1. The molecule has 1 unspecified atom stereocenters. The van der Waals surface area contributed by atoms with Gasteiger partial charge in [-0.15, -0.1) is 0 Å². The van der Waals surface area contributed by atoms with Crippen molar-refractivity contribution < 1.29 is 19.1 Å². The lowest BCUT2D eigenvalue weighted by Crippen LogP contribution is -2.31. The monoisotopic (exact) mass is 420 g/mol. The van der Waals surface area contributed by atoms with Crippen molar-refractivity contribution in [1.29, 1.82) is 0 Å². The lowest BCUT2D eigenvalue weighted by Gasteiger charge is -2.17. The molecule has 0 spiro atoms. The molecule has 0 saturated heterocycles. The predicted molar refractivity (Wildman–Crippen MR) is 114 cm³/mol. The highest BCUT2D eigenvalue weighted by Gasteiger charge is 2.69. The van der Waals surface area contributed by atoms with Gasteiger partial charge in [0.1, 0.15) is 13.2 Å². The maximum Gasteiger partial charge on any atom is 0.324 e. The molecule has 4 rings (SSSR count). The summed E-state index contributed by atoms with van der Waals surface area (Å²) in [6.07, 6.45) is 0.317. The third-order valence-electron chi connectivity index (χ3n) is 5.40. The first-order chi connectivity index (χ1) is 14.6. The van der Waals surface area contributed by atoms with Crippen molar-refractivity contribution in [2.24, 2.45) is 5.41 Å². The van der Waals surface area contributed by atoms with Crippen molar-refractivity contribution in [3.8, 4) is 0 Å². The Kier molecular flexibility index (Phi) is 5.86. The molecule has 0 amide bonds. The molecule has 4 nitrogen and oxygen atoms in total. The second-order valence-electron chi connectivity index (χ2n) is 7.37. The molecule has 3 aromatic rings. The number of benzene rings is 3. The largest absolute Gasteiger partial charge is 0.460 e. The molecule has 0 bridgehead atoms. The van der Waals surface area contributed by atoms with Gasteiger partial charge in [0.25, 0.3) is 0 Å². The van der Waals surface area contributed by atoms with E-state index < -0.39 is 17.4 Å². The normalized spacial score (nSPS) is 16.5. The third kappa shape index (κ3) is 4.10. The molecular formula is C25H21ClO4. The van der Waals surface area contributed by atoms with Gasteiger partial charge >= 0.3 is 11.9 Å². The minimum atomic E-state index is -1.37. The number of carbonyl (C=O) groups is 2. The van der Waals surface area contributed by atoms with E-state index in [0.717, 1.165) is 16.7 Å². The van der Waals surface area contributed by atoms with Crippen LogP contribution >= 0.6 is 11.6 Å². The van der Waals surface area contributed by atoms with Gasteiger partial charge in [-0.05, 0) is 29.2 Å². The van der Waals surface area contributed by atoms with E-state index in [-0.39, 0.29) is 19.1 Å². The predicted octanol–water partition coefficient (Wildman–Crippen LogP) is 5.30. The van der Waals surface area contributed by atoms with Crippen LogP contribution in [0.3, 0.4) is 0 Å². The summed E-state index contributed by atoms with van der Waals surface area (Å²) in [5.74, 6) is -1.51. The summed E-state index contributed by atoms with van der Waals surface area (Å²) in [5.41, 5.74) is 1.10. The van der Waals surface area contributed by atoms with Crippen LogP contribution < -0.4 is 0 Å². The number of carbonyl (C=O) groups excluding carboxylic acids is 2. The zero-order valence-corrected chi connectivity index (χ0v) is 17.0. The van der Waals surface area contributed by atoms with Crippen molar-refractivity contribution in [3.63, 3.8) is 0 Å². The Hall–Kier alpha value is -3.11. The first kappa shape index (κ1) is 20.2. The van der Waals surface area contributed by atoms with Crippen LogP contribution in [0.5, 0.6) is 0 Å². The third-order valence-corrected chi connectivity index (χ3v) is 5.74. The topological polar surface area (TPSA) is 52.6 Å². The number of hydrogen-bond acceptors (Lipinski definition) is 4. The first-order valence-corrected chi connectivity index (χ1v) is 10.2. The summed E-state index contributed by atoms with van der Waals surface area (Å²) in [7, 11) is 0. The van der Waals surface area contributed by atoms with Gasteiger partial charge in [0.2, 0.25) is 0 Å². The van der Waals surface area contributed by atoms with Gasteiger partial charge in [0, 0.05) is 10.9 Å². The van der Waals surface area contributed by atoms with Crippen molar-refractivity contribution in [2.45, 2.75) is 25.6 Å². The Labute approximate surface area is 180 Å². The molecule has 1 saturated carbocycles. The van der Waals surface area contributed by atoms with E-state index in [9.17, 15) is 9.59 Å². The number of hydrogen-bond donors (Lipinski definition) is 0.